The molecule has 0 unspecified atom stereocenters. The van der Waals surface area contributed by atoms with E-state index in [0.717, 1.165) is 5.56 Å². The van der Waals surface area contributed by atoms with E-state index in [1.807, 2.05) is 6.92 Å². The molecule has 0 atom stereocenters. The number of anilines is 3. The van der Waals surface area contributed by atoms with Gasteiger partial charge < -0.3 is 20.5 Å². The molecule has 0 bridgehead atoms. The summed E-state index contributed by atoms with van der Waals surface area (Å²) in [6.07, 6.45) is 1.66. The van der Waals surface area contributed by atoms with Gasteiger partial charge in [0, 0.05) is 18.7 Å². The number of sulfonamides is 1. The first kappa shape index (κ1) is 22.3. The van der Waals surface area contributed by atoms with Crippen LogP contribution in [0.1, 0.15) is 47.7 Å². The number of aryl methyl sites for hydroxylation is 1. The summed E-state index contributed by atoms with van der Waals surface area (Å²) >= 11 is 0. The van der Waals surface area contributed by atoms with Gasteiger partial charge in [0.1, 0.15) is 11.5 Å². The number of fused-ring (bicyclic) bond motifs is 1. The molecule has 1 fully saturated rings. The van der Waals surface area contributed by atoms with Crippen molar-refractivity contribution >= 4 is 33.0 Å². The van der Waals surface area contributed by atoms with Crippen LogP contribution < -0.4 is 20.1 Å². The zero-order valence-electron chi connectivity index (χ0n) is 17.9. The van der Waals surface area contributed by atoms with Crippen LogP contribution in [0.2, 0.25) is 0 Å². The van der Waals surface area contributed by atoms with Gasteiger partial charge in [0.25, 0.3) is 5.91 Å². The van der Waals surface area contributed by atoms with Crippen LogP contribution in [0.5, 0.6) is 5.75 Å². The van der Waals surface area contributed by atoms with E-state index in [0.29, 0.717) is 30.4 Å². The SMILES string of the molecule is CCc1ccc(Nc2cc3c(c(OC)c2NS(=O)(=O)C2(CCO)CC2)CNC3=O)c(F)c1. The van der Waals surface area contributed by atoms with Crippen molar-refractivity contribution < 1.29 is 27.4 Å². The topological polar surface area (TPSA) is 117 Å². The summed E-state index contributed by atoms with van der Waals surface area (Å²) in [6, 6.07) is 6.24. The van der Waals surface area contributed by atoms with Crippen LogP contribution in [0.4, 0.5) is 21.5 Å². The molecule has 4 rings (SSSR count). The summed E-state index contributed by atoms with van der Waals surface area (Å²) in [5.74, 6) is -0.630. The number of benzene rings is 2. The Bertz CT molecular complexity index is 1180. The predicted molar refractivity (Wildman–Crippen MR) is 119 cm³/mol. The van der Waals surface area contributed by atoms with E-state index in [1.165, 1.54) is 19.2 Å². The van der Waals surface area contributed by atoms with Gasteiger partial charge in [-0.05, 0) is 49.4 Å². The maximum absolute atomic E-state index is 14.7. The normalized spacial score (nSPS) is 16.3. The molecule has 10 heteroatoms. The second-order valence-corrected chi connectivity index (χ2v) is 10.2. The maximum Gasteiger partial charge on any atom is 0.252 e. The highest BCUT2D eigenvalue weighted by Crippen LogP contribution is 2.49. The molecule has 0 radical (unpaired) electrons. The van der Waals surface area contributed by atoms with Crippen molar-refractivity contribution in [3.05, 3.63) is 46.8 Å². The summed E-state index contributed by atoms with van der Waals surface area (Å²) in [5.41, 5.74) is 2.11. The number of carbonyl (C=O) groups excluding carboxylic acids is 1. The molecule has 1 amide bonds. The van der Waals surface area contributed by atoms with Crippen molar-refractivity contribution in [1.82, 2.24) is 5.32 Å². The number of methoxy groups -OCH3 is 1. The Hall–Kier alpha value is -2.85. The fourth-order valence-corrected chi connectivity index (χ4v) is 5.72. The van der Waals surface area contributed by atoms with E-state index in [1.54, 1.807) is 12.1 Å². The fourth-order valence-electron chi connectivity index (χ4n) is 4.03. The first-order valence-corrected chi connectivity index (χ1v) is 11.9. The Morgan fingerprint density at radius 1 is 1.25 bits per heavy atom. The second kappa shape index (κ2) is 8.25. The zero-order valence-corrected chi connectivity index (χ0v) is 18.7. The third kappa shape index (κ3) is 3.77. The molecule has 8 nitrogen and oxygen atoms in total. The number of hydrogen-bond donors (Lipinski definition) is 4. The van der Waals surface area contributed by atoms with Crippen LogP contribution in [0.15, 0.2) is 24.3 Å². The number of nitrogens with one attached hydrogen (secondary N) is 3. The lowest BCUT2D eigenvalue weighted by atomic mass is 10.1. The smallest absolute Gasteiger partial charge is 0.252 e. The van der Waals surface area contributed by atoms with E-state index in [-0.39, 0.29) is 48.3 Å². The molecule has 1 aliphatic heterocycles. The van der Waals surface area contributed by atoms with Crippen LogP contribution in [-0.2, 0) is 23.0 Å². The summed E-state index contributed by atoms with van der Waals surface area (Å²) in [4.78, 5) is 12.3. The van der Waals surface area contributed by atoms with Crippen LogP contribution >= 0.6 is 0 Å². The van der Waals surface area contributed by atoms with Crippen molar-refractivity contribution in [3.63, 3.8) is 0 Å². The van der Waals surface area contributed by atoms with Crippen molar-refractivity contribution in [2.45, 2.75) is 43.9 Å². The molecule has 2 aliphatic rings. The molecule has 2 aromatic carbocycles. The molecular weight excluding hydrogens is 437 g/mol. The Morgan fingerprint density at radius 2 is 2.00 bits per heavy atom. The van der Waals surface area contributed by atoms with Gasteiger partial charge in [-0.15, -0.1) is 0 Å². The lowest BCUT2D eigenvalue weighted by molar-refractivity contribution is 0.0965. The average molecular weight is 464 g/mol. The molecule has 0 spiro atoms. The van der Waals surface area contributed by atoms with Gasteiger partial charge in [-0.3, -0.25) is 9.52 Å². The Labute approximate surface area is 186 Å². The summed E-state index contributed by atoms with van der Waals surface area (Å²) < 4.78 is 48.2. The molecule has 32 heavy (non-hydrogen) atoms. The highest BCUT2D eigenvalue weighted by molar-refractivity contribution is 7.94. The first-order valence-electron chi connectivity index (χ1n) is 10.5. The number of ether oxygens (including phenoxy) is 1. The van der Waals surface area contributed by atoms with Crippen LogP contribution in [0, 0.1) is 5.82 Å². The minimum absolute atomic E-state index is 0.103. The molecule has 4 N–H and O–H groups in total. The molecule has 0 aromatic heterocycles. The van der Waals surface area contributed by atoms with Gasteiger partial charge in [0.15, 0.2) is 5.75 Å². The summed E-state index contributed by atoms with van der Waals surface area (Å²) in [6.45, 7) is 1.85. The third-order valence-electron chi connectivity index (χ3n) is 6.15. The lowest BCUT2D eigenvalue weighted by Crippen LogP contribution is -2.31. The molecule has 1 heterocycles. The monoisotopic (exact) mass is 463 g/mol. The minimum Gasteiger partial charge on any atom is -0.494 e. The van der Waals surface area contributed by atoms with Crippen molar-refractivity contribution in [3.8, 4) is 5.75 Å². The molecule has 172 valence electrons. The highest BCUT2D eigenvalue weighted by atomic mass is 32.2. The third-order valence-corrected chi connectivity index (χ3v) is 8.38. The number of carbonyl (C=O) groups is 1. The molecule has 1 saturated carbocycles. The molecule has 0 saturated heterocycles. The minimum atomic E-state index is -3.89. The predicted octanol–water partition coefficient (Wildman–Crippen LogP) is 3.04. The van der Waals surface area contributed by atoms with Gasteiger partial charge in [0.05, 0.1) is 28.8 Å². The average Bonchev–Trinajstić information content (AvgIpc) is 3.47. The van der Waals surface area contributed by atoms with Crippen LogP contribution in [0.3, 0.4) is 0 Å². The summed E-state index contributed by atoms with van der Waals surface area (Å²) in [7, 11) is -2.51. The van der Waals surface area contributed by atoms with E-state index in [2.05, 4.69) is 15.4 Å². The maximum atomic E-state index is 14.7. The molecule has 2 aromatic rings. The fraction of sp³-hybridized carbons (Fsp3) is 0.409. The second-order valence-electron chi connectivity index (χ2n) is 8.10. The molecular formula is C22H26FN3O5S. The lowest BCUT2D eigenvalue weighted by Gasteiger charge is -2.23. The van der Waals surface area contributed by atoms with Gasteiger partial charge in [0.2, 0.25) is 10.0 Å². The highest BCUT2D eigenvalue weighted by Gasteiger charge is 2.54. The number of rotatable bonds is 9. The standard InChI is InChI=1S/C22H26FN3O5S/c1-3-13-4-5-17(16(23)10-13)25-18-11-14-15(12-24-21(14)28)20(31-2)19(18)26-32(29,30)22(6-7-22)8-9-27/h4-5,10-11,25-27H,3,6-9,12H2,1-2H3,(H,24,28). The molecule has 1 aliphatic carbocycles. The zero-order chi connectivity index (χ0) is 23.1. The van der Waals surface area contributed by atoms with Gasteiger partial charge in [-0.25, -0.2) is 12.8 Å². The van der Waals surface area contributed by atoms with Crippen LogP contribution in [0.25, 0.3) is 0 Å². The number of hydrogen-bond acceptors (Lipinski definition) is 6. The van der Waals surface area contributed by atoms with Crippen LogP contribution in [-0.4, -0.2) is 37.9 Å². The van der Waals surface area contributed by atoms with Gasteiger partial charge in [-0.1, -0.05) is 13.0 Å². The van der Waals surface area contributed by atoms with E-state index in [4.69, 9.17) is 4.74 Å². The van der Waals surface area contributed by atoms with Crippen molar-refractivity contribution in [2.75, 3.05) is 23.8 Å². The largest absolute Gasteiger partial charge is 0.494 e. The quantitative estimate of drug-likeness (QED) is 0.454. The Kier molecular flexibility index (Phi) is 5.76. The van der Waals surface area contributed by atoms with E-state index < -0.39 is 20.6 Å². The number of aliphatic hydroxyl groups excluding tert-OH is 1. The summed E-state index contributed by atoms with van der Waals surface area (Å²) in [5, 5.41) is 15.0. The van der Waals surface area contributed by atoms with Gasteiger partial charge in [-0.2, -0.15) is 0 Å². The van der Waals surface area contributed by atoms with E-state index >= 15 is 0 Å². The Morgan fingerprint density at radius 3 is 2.59 bits per heavy atom. The van der Waals surface area contributed by atoms with Crippen molar-refractivity contribution in [2.24, 2.45) is 0 Å². The van der Waals surface area contributed by atoms with E-state index in [9.17, 15) is 22.7 Å². The first-order chi connectivity index (χ1) is 15.2. The number of halogens is 1. The number of amides is 1. The van der Waals surface area contributed by atoms with Gasteiger partial charge >= 0.3 is 0 Å². The Balaban J connectivity index is 1.82. The van der Waals surface area contributed by atoms with Crippen molar-refractivity contribution in [1.29, 1.82) is 0 Å². The number of aliphatic hydroxyl groups is 1.